The van der Waals surface area contributed by atoms with Gasteiger partial charge in [-0.05, 0) is 56.3 Å². The molecule has 1 fully saturated rings. The van der Waals surface area contributed by atoms with E-state index in [0.717, 1.165) is 18.9 Å². The van der Waals surface area contributed by atoms with Crippen LogP contribution in [0.4, 0.5) is 0 Å². The van der Waals surface area contributed by atoms with E-state index in [1.54, 1.807) is 0 Å². The van der Waals surface area contributed by atoms with Crippen molar-refractivity contribution >= 4 is 0 Å². The predicted octanol–water partition coefficient (Wildman–Crippen LogP) is 2.12. The summed E-state index contributed by atoms with van der Waals surface area (Å²) in [7, 11) is 0. The van der Waals surface area contributed by atoms with Gasteiger partial charge in [-0.15, -0.1) is 0 Å². The molecule has 0 aromatic heterocycles. The lowest BCUT2D eigenvalue weighted by Gasteiger charge is -2.31. The smallest absolute Gasteiger partial charge is 0.00461 e. The van der Waals surface area contributed by atoms with Gasteiger partial charge in [0.1, 0.15) is 0 Å². The fourth-order valence-electron chi connectivity index (χ4n) is 2.80. The van der Waals surface area contributed by atoms with Gasteiger partial charge in [0, 0.05) is 0 Å². The van der Waals surface area contributed by atoms with Crippen LogP contribution in [0.15, 0.2) is 30.3 Å². The van der Waals surface area contributed by atoms with Gasteiger partial charge in [-0.25, -0.2) is 0 Å². The second kappa shape index (κ2) is 6.02. The van der Waals surface area contributed by atoms with E-state index in [2.05, 4.69) is 35.6 Å². The molecule has 2 nitrogen and oxygen atoms in total. The van der Waals surface area contributed by atoms with Crippen LogP contribution in [-0.4, -0.2) is 19.6 Å². The van der Waals surface area contributed by atoms with Gasteiger partial charge < -0.3 is 11.1 Å². The van der Waals surface area contributed by atoms with E-state index in [0.29, 0.717) is 5.92 Å². The molecule has 0 saturated carbocycles. The second-order valence-electron chi connectivity index (χ2n) is 4.68. The highest BCUT2D eigenvalue weighted by atomic mass is 14.9. The Bertz CT molecular complexity index is 291. The molecule has 1 unspecified atom stereocenters. The minimum absolute atomic E-state index is 0.660. The van der Waals surface area contributed by atoms with E-state index < -0.39 is 0 Å². The maximum Gasteiger partial charge on any atom is -0.00461 e. The fraction of sp³-hybridized carbons (Fsp3) is 0.571. The summed E-state index contributed by atoms with van der Waals surface area (Å²) in [6.45, 7) is 3.13. The molecule has 2 rings (SSSR count). The molecule has 0 spiro atoms. The number of hydrogen-bond donors (Lipinski definition) is 2. The molecule has 2 heteroatoms. The Labute approximate surface area is 98.2 Å². The molecular formula is C14H22N2. The molecule has 1 aromatic carbocycles. The van der Waals surface area contributed by atoms with Crippen LogP contribution in [0.2, 0.25) is 0 Å². The van der Waals surface area contributed by atoms with Gasteiger partial charge in [0.15, 0.2) is 0 Å². The Kier molecular flexibility index (Phi) is 4.37. The third kappa shape index (κ3) is 2.83. The maximum absolute atomic E-state index is 5.76. The van der Waals surface area contributed by atoms with Gasteiger partial charge in [0.2, 0.25) is 0 Å². The monoisotopic (exact) mass is 218 g/mol. The fourth-order valence-corrected chi connectivity index (χ4v) is 2.80. The van der Waals surface area contributed by atoms with Crippen molar-refractivity contribution in [2.45, 2.75) is 25.2 Å². The predicted molar refractivity (Wildman–Crippen MR) is 68.4 cm³/mol. The van der Waals surface area contributed by atoms with Gasteiger partial charge in [0.25, 0.3) is 0 Å². The lowest BCUT2D eigenvalue weighted by Crippen LogP contribution is -2.31. The molecule has 0 aliphatic carbocycles. The van der Waals surface area contributed by atoms with E-state index in [1.807, 2.05) is 0 Å². The summed E-state index contributed by atoms with van der Waals surface area (Å²) in [6.07, 6.45) is 3.70. The first-order valence-corrected chi connectivity index (χ1v) is 6.37. The highest BCUT2D eigenvalue weighted by Crippen LogP contribution is 2.33. The molecule has 3 N–H and O–H groups in total. The van der Waals surface area contributed by atoms with Crippen molar-refractivity contribution in [2.75, 3.05) is 19.6 Å². The molecule has 1 aliphatic heterocycles. The summed E-state index contributed by atoms with van der Waals surface area (Å²) in [5.74, 6) is 1.47. The summed E-state index contributed by atoms with van der Waals surface area (Å²) < 4.78 is 0. The lowest BCUT2D eigenvalue weighted by molar-refractivity contribution is 0.309. The Morgan fingerprint density at radius 2 is 1.88 bits per heavy atom. The highest BCUT2D eigenvalue weighted by molar-refractivity contribution is 5.20. The largest absolute Gasteiger partial charge is 0.330 e. The number of rotatable bonds is 4. The van der Waals surface area contributed by atoms with Crippen LogP contribution in [0.1, 0.15) is 30.7 Å². The molecule has 88 valence electrons. The van der Waals surface area contributed by atoms with E-state index in [-0.39, 0.29) is 0 Å². The third-order valence-corrected chi connectivity index (χ3v) is 3.66. The van der Waals surface area contributed by atoms with Gasteiger partial charge in [-0.2, -0.15) is 0 Å². The quantitative estimate of drug-likeness (QED) is 0.812. The summed E-state index contributed by atoms with van der Waals surface area (Å²) in [6, 6.07) is 10.9. The standard InChI is InChI=1S/C14H22N2/c15-9-6-14(12-4-2-1-3-5-12)13-7-10-16-11-8-13/h1-5,13-14,16H,6-11,15H2. The van der Waals surface area contributed by atoms with Crippen molar-refractivity contribution in [2.24, 2.45) is 11.7 Å². The van der Waals surface area contributed by atoms with Crippen LogP contribution in [0.5, 0.6) is 0 Å². The van der Waals surface area contributed by atoms with Crippen LogP contribution < -0.4 is 11.1 Å². The first-order valence-electron chi connectivity index (χ1n) is 6.37. The van der Waals surface area contributed by atoms with Gasteiger partial charge in [-0.3, -0.25) is 0 Å². The van der Waals surface area contributed by atoms with E-state index >= 15 is 0 Å². The molecule has 1 saturated heterocycles. The van der Waals surface area contributed by atoms with Crippen LogP contribution in [0.25, 0.3) is 0 Å². The average molecular weight is 218 g/mol. The van der Waals surface area contributed by atoms with Gasteiger partial charge in [-0.1, -0.05) is 30.3 Å². The normalized spacial score (nSPS) is 19.6. The molecule has 16 heavy (non-hydrogen) atoms. The zero-order valence-electron chi connectivity index (χ0n) is 9.86. The molecule has 1 atom stereocenters. The minimum Gasteiger partial charge on any atom is -0.330 e. The Balaban J connectivity index is 2.09. The Morgan fingerprint density at radius 3 is 2.50 bits per heavy atom. The van der Waals surface area contributed by atoms with Gasteiger partial charge in [0.05, 0.1) is 0 Å². The zero-order valence-corrected chi connectivity index (χ0v) is 9.86. The molecule has 0 bridgehead atoms. The van der Waals surface area contributed by atoms with Crippen molar-refractivity contribution in [3.63, 3.8) is 0 Å². The maximum atomic E-state index is 5.76. The third-order valence-electron chi connectivity index (χ3n) is 3.66. The number of nitrogens with two attached hydrogens (primary N) is 1. The SMILES string of the molecule is NCCC(c1ccccc1)C1CCNCC1. The van der Waals surface area contributed by atoms with Crippen molar-refractivity contribution in [1.29, 1.82) is 0 Å². The number of benzene rings is 1. The Hall–Kier alpha value is -0.860. The zero-order chi connectivity index (χ0) is 11.2. The Morgan fingerprint density at radius 1 is 1.19 bits per heavy atom. The van der Waals surface area contributed by atoms with E-state index in [9.17, 15) is 0 Å². The van der Waals surface area contributed by atoms with E-state index in [4.69, 9.17) is 5.73 Å². The number of hydrogen-bond acceptors (Lipinski definition) is 2. The second-order valence-corrected chi connectivity index (χ2v) is 4.68. The van der Waals surface area contributed by atoms with Crippen LogP contribution in [-0.2, 0) is 0 Å². The molecular weight excluding hydrogens is 196 g/mol. The van der Waals surface area contributed by atoms with Crippen molar-refractivity contribution in [1.82, 2.24) is 5.32 Å². The highest BCUT2D eigenvalue weighted by Gasteiger charge is 2.23. The lowest BCUT2D eigenvalue weighted by atomic mass is 9.78. The first kappa shape index (κ1) is 11.6. The van der Waals surface area contributed by atoms with Crippen LogP contribution in [0, 0.1) is 5.92 Å². The summed E-state index contributed by atoms with van der Waals surface area (Å²) >= 11 is 0. The summed E-state index contributed by atoms with van der Waals surface area (Å²) in [4.78, 5) is 0. The summed E-state index contributed by atoms with van der Waals surface area (Å²) in [5.41, 5.74) is 7.23. The average Bonchev–Trinajstić information content (AvgIpc) is 2.38. The van der Waals surface area contributed by atoms with Crippen molar-refractivity contribution in [3.8, 4) is 0 Å². The minimum atomic E-state index is 0.660. The summed E-state index contributed by atoms with van der Waals surface area (Å²) in [5, 5.41) is 3.43. The van der Waals surface area contributed by atoms with Crippen molar-refractivity contribution in [3.05, 3.63) is 35.9 Å². The molecule has 1 aliphatic rings. The van der Waals surface area contributed by atoms with E-state index in [1.165, 1.54) is 31.5 Å². The topological polar surface area (TPSA) is 38.0 Å². The number of nitrogens with one attached hydrogen (secondary N) is 1. The van der Waals surface area contributed by atoms with Crippen molar-refractivity contribution < 1.29 is 0 Å². The van der Waals surface area contributed by atoms with Gasteiger partial charge >= 0.3 is 0 Å². The molecule has 1 heterocycles. The molecule has 0 radical (unpaired) electrons. The van der Waals surface area contributed by atoms with Crippen LogP contribution >= 0.6 is 0 Å². The molecule has 1 aromatic rings. The van der Waals surface area contributed by atoms with Crippen LogP contribution in [0.3, 0.4) is 0 Å². The first-order chi connectivity index (χ1) is 7.92. The number of piperidine rings is 1. The molecule has 0 amide bonds.